The molecule has 0 saturated heterocycles. The van der Waals surface area contributed by atoms with Crippen LogP contribution in [-0.2, 0) is 9.59 Å². The number of nitrogens with two attached hydrogens (primary N) is 1. The highest BCUT2D eigenvalue weighted by atomic mass is 16.2. The molecule has 1 aliphatic heterocycles. The van der Waals surface area contributed by atoms with Crippen LogP contribution < -0.4 is 11.1 Å². The van der Waals surface area contributed by atoms with Crippen LogP contribution in [0.1, 0.15) is 5.56 Å². The Morgan fingerprint density at radius 2 is 1.78 bits per heavy atom. The van der Waals surface area contributed by atoms with Crippen molar-refractivity contribution in [1.29, 1.82) is 0 Å². The van der Waals surface area contributed by atoms with E-state index in [-0.39, 0.29) is 0 Å². The first-order chi connectivity index (χ1) is 8.66. The molecular formula is C14H10N2O2. The van der Waals surface area contributed by atoms with Gasteiger partial charge in [-0.15, -0.1) is 0 Å². The minimum absolute atomic E-state index is 0.328. The summed E-state index contributed by atoms with van der Waals surface area (Å²) in [6.07, 6.45) is 1.29. The number of carbonyl (C=O) groups is 2. The first-order valence-electron chi connectivity index (χ1n) is 5.51. The molecule has 4 nitrogen and oxygen atoms in total. The number of anilines is 1. The summed E-state index contributed by atoms with van der Waals surface area (Å²) < 4.78 is 0. The van der Waals surface area contributed by atoms with Crippen LogP contribution in [0, 0.1) is 0 Å². The molecule has 3 N–H and O–H groups in total. The number of fused-ring (bicyclic) bond motifs is 1. The highest BCUT2D eigenvalue weighted by Crippen LogP contribution is 2.31. The van der Waals surface area contributed by atoms with Crippen LogP contribution in [0.15, 0.2) is 42.5 Å². The van der Waals surface area contributed by atoms with Gasteiger partial charge in [-0.1, -0.05) is 30.3 Å². The molecule has 18 heavy (non-hydrogen) atoms. The number of benzene rings is 2. The maximum absolute atomic E-state index is 11.7. The molecule has 0 atom stereocenters. The molecule has 0 fully saturated rings. The lowest BCUT2D eigenvalue weighted by atomic mass is 9.96. The molecule has 0 unspecified atom stereocenters. The van der Waals surface area contributed by atoms with Crippen LogP contribution in [0.3, 0.4) is 0 Å². The van der Waals surface area contributed by atoms with Crippen LogP contribution in [0.25, 0.3) is 16.3 Å². The zero-order valence-electron chi connectivity index (χ0n) is 9.44. The number of imide groups is 1. The van der Waals surface area contributed by atoms with Crippen molar-refractivity contribution in [2.24, 2.45) is 0 Å². The summed E-state index contributed by atoms with van der Waals surface area (Å²) in [4.78, 5) is 23.0. The minimum atomic E-state index is -0.401. The normalized spacial score (nSPS) is 14.8. The highest BCUT2D eigenvalue weighted by Gasteiger charge is 2.25. The zero-order valence-corrected chi connectivity index (χ0v) is 9.44. The molecular weight excluding hydrogens is 228 g/mol. The van der Waals surface area contributed by atoms with E-state index in [0.29, 0.717) is 16.8 Å². The van der Waals surface area contributed by atoms with Crippen LogP contribution in [0.4, 0.5) is 5.69 Å². The van der Waals surface area contributed by atoms with Crippen LogP contribution in [-0.4, -0.2) is 11.8 Å². The Morgan fingerprint density at radius 3 is 2.50 bits per heavy atom. The lowest BCUT2D eigenvalue weighted by Crippen LogP contribution is -2.22. The number of hydrogen-bond acceptors (Lipinski definition) is 3. The van der Waals surface area contributed by atoms with Gasteiger partial charge < -0.3 is 5.73 Å². The van der Waals surface area contributed by atoms with Gasteiger partial charge in [-0.05, 0) is 16.8 Å². The molecule has 0 saturated carbocycles. The van der Waals surface area contributed by atoms with Gasteiger partial charge in [0.15, 0.2) is 0 Å². The highest BCUT2D eigenvalue weighted by molar-refractivity contribution is 6.36. The fourth-order valence-corrected chi connectivity index (χ4v) is 2.19. The summed E-state index contributed by atoms with van der Waals surface area (Å²) in [5.74, 6) is -0.801. The molecule has 0 radical (unpaired) electrons. The van der Waals surface area contributed by atoms with Crippen molar-refractivity contribution < 1.29 is 9.59 Å². The molecule has 1 heterocycles. The van der Waals surface area contributed by atoms with Crippen molar-refractivity contribution in [3.8, 4) is 0 Å². The first kappa shape index (κ1) is 10.5. The van der Waals surface area contributed by atoms with Gasteiger partial charge in [0, 0.05) is 17.3 Å². The van der Waals surface area contributed by atoms with Gasteiger partial charge in [0.05, 0.1) is 5.57 Å². The number of rotatable bonds is 1. The summed E-state index contributed by atoms with van der Waals surface area (Å²) in [5, 5.41) is 4.08. The van der Waals surface area contributed by atoms with Crippen LogP contribution in [0.5, 0.6) is 0 Å². The van der Waals surface area contributed by atoms with Gasteiger partial charge in [0.25, 0.3) is 11.8 Å². The smallest absolute Gasteiger partial charge is 0.259 e. The standard InChI is InChI=1S/C14H10N2O2/c15-11-6-5-8-3-1-2-4-9(8)13(11)10-7-12(17)16-14(10)18/h1-7H,15H2,(H,16,17,18). The third-order valence-electron chi connectivity index (χ3n) is 2.99. The predicted molar refractivity (Wildman–Crippen MR) is 69.5 cm³/mol. The summed E-state index contributed by atoms with van der Waals surface area (Å²) in [6, 6.07) is 11.3. The van der Waals surface area contributed by atoms with E-state index in [9.17, 15) is 9.59 Å². The predicted octanol–water partition coefficient (Wildman–Crippen LogP) is 1.46. The van der Waals surface area contributed by atoms with Crippen molar-refractivity contribution in [2.75, 3.05) is 5.73 Å². The van der Waals surface area contributed by atoms with Gasteiger partial charge in [-0.3, -0.25) is 14.9 Å². The summed E-state index contributed by atoms with van der Waals surface area (Å²) in [6.45, 7) is 0. The Hall–Kier alpha value is -2.62. The minimum Gasteiger partial charge on any atom is -0.398 e. The lowest BCUT2D eigenvalue weighted by molar-refractivity contribution is -0.123. The number of nitrogen functional groups attached to an aromatic ring is 1. The maximum atomic E-state index is 11.7. The number of amides is 2. The lowest BCUT2D eigenvalue weighted by Gasteiger charge is -2.09. The van der Waals surface area contributed by atoms with E-state index in [1.54, 1.807) is 6.07 Å². The van der Waals surface area contributed by atoms with Crippen molar-refractivity contribution in [1.82, 2.24) is 5.32 Å². The van der Waals surface area contributed by atoms with Crippen LogP contribution in [0.2, 0.25) is 0 Å². The number of hydrogen-bond donors (Lipinski definition) is 2. The van der Waals surface area contributed by atoms with E-state index in [2.05, 4.69) is 5.32 Å². The second-order valence-electron chi connectivity index (χ2n) is 4.13. The Kier molecular flexibility index (Phi) is 2.16. The fraction of sp³-hybridized carbons (Fsp3) is 0. The topological polar surface area (TPSA) is 72.2 Å². The van der Waals surface area contributed by atoms with Gasteiger partial charge >= 0.3 is 0 Å². The van der Waals surface area contributed by atoms with E-state index >= 15 is 0 Å². The quantitative estimate of drug-likeness (QED) is 0.583. The van der Waals surface area contributed by atoms with E-state index in [1.807, 2.05) is 30.3 Å². The first-order valence-corrected chi connectivity index (χ1v) is 5.51. The molecule has 1 aliphatic rings. The van der Waals surface area contributed by atoms with Gasteiger partial charge in [0.2, 0.25) is 0 Å². The van der Waals surface area contributed by atoms with Crippen molar-refractivity contribution >= 4 is 33.8 Å². The van der Waals surface area contributed by atoms with Gasteiger partial charge in [-0.2, -0.15) is 0 Å². The second kappa shape index (κ2) is 3.70. The molecule has 88 valence electrons. The average Bonchev–Trinajstić information content (AvgIpc) is 2.68. The Bertz CT molecular complexity index is 717. The summed E-state index contributed by atoms with van der Waals surface area (Å²) >= 11 is 0. The Balaban J connectivity index is 2.35. The second-order valence-corrected chi connectivity index (χ2v) is 4.13. The molecule has 4 heteroatoms. The van der Waals surface area contributed by atoms with Crippen molar-refractivity contribution in [3.05, 3.63) is 48.0 Å². The maximum Gasteiger partial charge on any atom is 0.259 e. The van der Waals surface area contributed by atoms with E-state index in [4.69, 9.17) is 5.73 Å². The Labute approximate surface area is 103 Å². The van der Waals surface area contributed by atoms with E-state index in [1.165, 1.54) is 6.08 Å². The molecule has 2 aromatic carbocycles. The number of carbonyl (C=O) groups excluding carboxylic acids is 2. The molecule has 0 aromatic heterocycles. The molecule has 0 bridgehead atoms. The van der Waals surface area contributed by atoms with E-state index in [0.717, 1.165) is 10.8 Å². The van der Waals surface area contributed by atoms with Gasteiger partial charge in [-0.25, -0.2) is 0 Å². The zero-order chi connectivity index (χ0) is 12.7. The molecule has 0 spiro atoms. The molecule has 3 rings (SSSR count). The summed E-state index contributed by atoms with van der Waals surface area (Å²) in [5.41, 5.74) is 7.38. The fourth-order valence-electron chi connectivity index (χ4n) is 2.19. The third kappa shape index (κ3) is 1.47. The molecule has 2 aromatic rings. The third-order valence-corrected chi connectivity index (χ3v) is 2.99. The molecule has 2 amide bonds. The average molecular weight is 238 g/mol. The van der Waals surface area contributed by atoms with Gasteiger partial charge in [0.1, 0.15) is 0 Å². The molecule has 0 aliphatic carbocycles. The largest absolute Gasteiger partial charge is 0.398 e. The van der Waals surface area contributed by atoms with Crippen molar-refractivity contribution in [2.45, 2.75) is 0 Å². The van der Waals surface area contributed by atoms with E-state index < -0.39 is 11.8 Å². The number of nitrogens with one attached hydrogen (secondary N) is 1. The monoisotopic (exact) mass is 238 g/mol. The Morgan fingerprint density at radius 1 is 1.00 bits per heavy atom. The van der Waals surface area contributed by atoms with Crippen molar-refractivity contribution in [3.63, 3.8) is 0 Å². The van der Waals surface area contributed by atoms with Crippen LogP contribution >= 0.6 is 0 Å². The summed E-state index contributed by atoms with van der Waals surface area (Å²) in [7, 11) is 0. The SMILES string of the molecule is Nc1ccc2ccccc2c1C1=CC(=O)NC1=O.